The molecule has 0 aliphatic rings. The number of rotatable bonds is 5. The summed E-state index contributed by atoms with van der Waals surface area (Å²) in [7, 11) is 0. The normalized spacial score (nSPS) is 15.7. The van der Waals surface area contributed by atoms with E-state index < -0.39 is 0 Å². The Kier molecular flexibility index (Phi) is 5.84. The van der Waals surface area contributed by atoms with Crippen LogP contribution in [0.3, 0.4) is 0 Å². The molecule has 0 saturated carbocycles. The van der Waals surface area contributed by atoms with Gasteiger partial charge in [0.15, 0.2) is 0 Å². The zero-order valence-corrected chi connectivity index (χ0v) is 8.80. The molecular formula is C11H21N. The Morgan fingerprint density at radius 2 is 1.58 bits per heavy atom. The monoisotopic (exact) mass is 167 g/mol. The molecule has 0 aromatic heterocycles. The fourth-order valence-electron chi connectivity index (χ4n) is 1.32. The molecule has 0 rings (SSSR count). The second kappa shape index (κ2) is 6.08. The van der Waals surface area contributed by atoms with Gasteiger partial charge in [-0.25, -0.2) is 0 Å². The highest BCUT2D eigenvalue weighted by molar-refractivity contribution is 4.91. The van der Waals surface area contributed by atoms with E-state index in [2.05, 4.69) is 38.5 Å². The van der Waals surface area contributed by atoms with E-state index in [1.165, 1.54) is 12.8 Å². The van der Waals surface area contributed by atoms with Crippen molar-refractivity contribution in [2.45, 2.75) is 52.6 Å². The van der Waals surface area contributed by atoms with E-state index in [1.807, 2.05) is 0 Å². The smallest absolute Gasteiger partial charge is 0.0603 e. The summed E-state index contributed by atoms with van der Waals surface area (Å²) in [4.78, 5) is 2.39. The van der Waals surface area contributed by atoms with E-state index in [0.717, 1.165) is 6.54 Å². The fourth-order valence-corrected chi connectivity index (χ4v) is 1.32. The van der Waals surface area contributed by atoms with Gasteiger partial charge in [0.25, 0.3) is 0 Å². The molecule has 0 fully saturated rings. The molecule has 0 N–H and O–H groups in total. The highest BCUT2D eigenvalue weighted by Crippen LogP contribution is 2.10. The van der Waals surface area contributed by atoms with Crippen molar-refractivity contribution in [2.75, 3.05) is 6.54 Å². The average molecular weight is 167 g/mol. The van der Waals surface area contributed by atoms with Crippen molar-refractivity contribution in [3.8, 4) is 12.3 Å². The molecule has 12 heavy (non-hydrogen) atoms. The minimum atomic E-state index is 0.607. The number of hydrogen-bond donors (Lipinski definition) is 0. The maximum atomic E-state index is 5.32. The van der Waals surface area contributed by atoms with E-state index >= 15 is 0 Å². The number of hydrogen-bond acceptors (Lipinski definition) is 1. The van der Waals surface area contributed by atoms with E-state index in [1.54, 1.807) is 0 Å². The maximum Gasteiger partial charge on any atom is 0.0603 e. The highest BCUT2D eigenvalue weighted by Gasteiger charge is 2.15. The van der Waals surface area contributed by atoms with Crippen molar-refractivity contribution in [1.29, 1.82) is 0 Å². The maximum absolute atomic E-state index is 5.32. The lowest BCUT2D eigenvalue weighted by Crippen LogP contribution is -2.39. The standard InChI is InChI=1S/C11H21N/c1-6-9-12(10(4)7-2)11(5)8-3/h1,10-11H,7-9H2,2-5H3. The van der Waals surface area contributed by atoms with Crippen LogP contribution in [0.2, 0.25) is 0 Å². The van der Waals surface area contributed by atoms with Crippen LogP contribution in [-0.4, -0.2) is 23.5 Å². The first-order valence-electron chi connectivity index (χ1n) is 4.86. The first-order chi connectivity index (χ1) is 5.67. The predicted octanol–water partition coefficient (Wildman–Crippen LogP) is 2.52. The Balaban J connectivity index is 4.12. The van der Waals surface area contributed by atoms with E-state index in [9.17, 15) is 0 Å². The molecule has 0 aromatic carbocycles. The lowest BCUT2D eigenvalue weighted by molar-refractivity contribution is 0.168. The molecule has 0 bridgehead atoms. The van der Waals surface area contributed by atoms with Crippen LogP contribution >= 0.6 is 0 Å². The lowest BCUT2D eigenvalue weighted by Gasteiger charge is -2.31. The average Bonchev–Trinajstić information content (AvgIpc) is 2.11. The predicted molar refractivity (Wildman–Crippen MR) is 55.0 cm³/mol. The Morgan fingerprint density at radius 1 is 1.17 bits per heavy atom. The van der Waals surface area contributed by atoms with Gasteiger partial charge < -0.3 is 0 Å². The van der Waals surface area contributed by atoms with Gasteiger partial charge in [0.2, 0.25) is 0 Å². The molecule has 2 unspecified atom stereocenters. The van der Waals surface area contributed by atoms with E-state index in [-0.39, 0.29) is 0 Å². The summed E-state index contributed by atoms with van der Waals surface area (Å²) in [6, 6.07) is 1.21. The second-order valence-corrected chi connectivity index (χ2v) is 3.39. The third kappa shape index (κ3) is 3.28. The molecule has 0 saturated heterocycles. The molecule has 0 aliphatic carbocycles. The van der Waals surface area contributed by atoms with Crippen molar-refractivity contribution in [3.05, 3.63) is 0 Å². The van der Waals surface area contributed by atoms with Crippen molar-refractivity contribution in [1.82, 2.24) is 4.90 Å². The van der Waals surface area contributed by atoms with Crippen LogP contribution in [0, 0.1) is 12.3 Å². The Bertz CT molecular complexity index is 136. The molecule has 0 radical (unpaired) electrons. The Hall–Kier alpha value is -0.480. The topological polar surface area (TPSA) is 3.24 Å². The van der Waals surface area contributed by atoms with Gasteiger partial charge in [-0.15, -0.1) is 6.42 Å². The summed E-state index contributed by atoms with van der Waals surface area (Å²) in [6.45, 7) is 9.67. The largest absolute Gasteiger partial charge is 0.287 e. The van der Waals surface area contributed by atoms with Crippen LogP contribution in [0.4, 0.5) is 0 Å². The molecule has 0 aliphatic heterocycles. The highest BCUT2D eigenvalue weighted by atomic mass is 15.2. The van der Waals surface area contributed by atoms with Gasteiger partial charge in [0, 0.05) is 12.1 Å². The molecule has 0 amide bonds. The number of nitrogens with zero attached hydrogens (tertiary/aromatic N) is 1. The molecule has 0 heterocycles. The molecule has 2 atom stereocenters. The molecule has 0 spiro atoms. The third-order valence-electron chi connectivity index (χ3n) is 2.59. The minimum absolute atomic E-state index is 0.607. The first kappa shape index (κ1) is 11.5. The zero-order valence-electron chi connectivity index (χ0n) is 8.80. The van der Waals surface area contributed by atoms with Gasteiger partial charge in [-0.05, 0) is 26.7 Å². The van der Waals surface area contributed by atoms with Gasteiger partial charge in [0.05, 0.1) is 6.54 Å². The lowest BCUT2D eigenvalue weighted by atomic mass is 10.1. The third-order valence-corrected chi connectivity index (χ3v) is 2.59. The van der Waals surface area contributed by atoms with Crippen LogP contribution in [-0.2, 0) is 0 Å². The van der Waals surface area contributed by atoms with Crippen molar-refractivity contribution in [2.24, 2.45) is 0 Å². The van der Waals surface area contributed by atoms with Gasteiger partial charge in [-0.2, -0.15) is 0 Å². The quantitative estimate of drug-likeness (QED) is 0.569. The van der Waals surface area contributed by atoms with Gasteiger partial charge in [-0.1, -0.05) is 19.8 Å². The van der Waals surface area contributed by atoms with E-state index in [0.29, 0.717) is 12.1 Å². The minimum Gasteiger partial charge on any atom is -0.287 e. The van der Waals surface area contributed by atoms with Crippen LogP contribution in [0.5, 0.6) is 0 Å². The summed E-state index contributed by atoms with van der Waals surface area (Å²) < 4.78 is 0. The molecule has 70 valence electrons. The summed E-state index contributed by atoms with van der Waals surface area (Å²) in [5, 5.41) is 0. The summed E-state index contributed by atoms with van der Waals surface area (Å²) in [6.07, 6.45) is 7.67. The van der Waals surface area contributed by atoms with E-state index in [4.69, 9.17) is 6.42 Å². The van der Waals surface area contributed by atoms with Crippen LogP contribution < -0.4 is 0 Å². The summed E-state index contributed by atoms with van der Waals surface area (Å²) in [5.74, 6) is 2.72. The first-order valence-corrected chi connectivity index (χ1v) is 4.86. The zero-order chi connectivity index (χ0) is 9.56. The number of terminal acetylenes is 1. The molecular weight excluding hydrogens is 146 g/mol. The summed E-state index contributed by atoms with van der Waals surface area (Å²) >= 11 is 0. The molecule has 1 nitrogen and oxygen atoms in total. The Labute approximate surface area is 77.1 Å². The summed E-state index contributed by atoms with van der Waals surface area (Å²) in [5.41, 5.74) is 0. The second-order valence-electron chi connectivity index (χ2n) is 3.39. The van der Waals surface area contributed by atoms with Gasteiger partial charge in [-0.3, -0.25) is 4.90 Å². The van der Waals surface area contributed by atoms with Crippen molar-refractivity contribution >= 4 is 0 Å². The SMILES string of the molecule is C#CCN(C(C)CC)C(C)CC. The van der Waals surface area contributed by atoms with Crippen LogP contribution in [0.15, 0.2) is 0 Å². The fraction of sp³-hybridized carbons (Fsp3) is 0.818. The van der Waals surface area contributed by atoms with Crippen LogP contribution in [0.1, 0.15) is 40.5 Å². The van der Waals surface area contributed by atoms with Crippen molar-refractivity contribution < 1.29 is 0 Å². The van der Waals surface area contributed by atoms with Gasteiger partial charge >= 0.3 is 0 Å². The van der Waals surface area contributed by atoms with Gasteiger partial charge in [0.1, 0.15) is 0 Å². The molecule has 0 aromatic rings. The van der Waals surface area contributed by atoms with Crippen molar-refractivity contribution in [3.63, 3.8) is 0 Å². The molecule has 1 heteroatoms. The van der Waals surface area contributed by atoms with Crippen LogP contribution in [0.25, 0.3) is 0 Å². The Morgan fingerprint density at radius 3 is 1.83 bits per heavy atom.